The summed E-state index contributed by atoms with van der Waals surface area (Å²) in [6.45, 7) is 1.74. The van der Waals surface area contributed by atoms with Crippen molar-refractivity contribution in [3.63, 3.8) is 0 Å². The van der Waals surface area contributed by atoms with Crippen molar-refractivity contribution in [2.45, 2.75) is 13.0 Å². The highest BCUT2D eigenvalue weighted by molar-refractivity contribution is 6.07. The Kier molecular flexibility index (Phi) is 3.03. The van der Waals surface area contributed by atoms with Crippen molar-refractivity contribution in [2.24, 2.45) is 0 Å². The standard InChI is InChI=1S/C15H12N4O2/c1-9-15(21)18-13(20)8-19(9)14-10(6-16)7-17-12-5-3-2-4-11(12)14/h2-5,7,9H,8H2,1H3,(H,18,20,21). The lowest BCUT2D eigenvalue weighted by molar-refractivity contribution is -0.132. The summed E-state index contributed by atoms with van der Waals surface area (Å²) in [4.78, 5) is 29.4. The van der Waals surface area contributed by atoms with Crippen LogP contribution in [-0.2, 0) is 9.59 Å². The number of imide groups is 1. The van der Waals surface area contributed by atoms with Gasteiger partial charge in [0.05, 0.1) is 23.3 Å². The van der Waals surface area contributed by atoms with Crippen LogP contribution in [0, 0.1) is 11.3 Å². The third-order valence-electron chi connectivity index (χ3n) is 3.58. The molecule has 1 fully saturated rings. The highest BCUT2D eigenvalue weighted by atomic mass is 16.2. The van der Waals surface area contributed by atoms with E-state index in [1.54, 1.807) is 11.8 Å². The van der Waals surface area contributed by atoms with Crippen molar-refractivity contribution in [3.05, 3.63) is 36.0 Å². The Bertz CT molecular complexity index is 794. The molecule has 1 aromatic heterocycles. The number of aromatic nitrogens is 1. The van der Waals surface area contributed by atoms with Crippen LogP contribution in [0.1, 0.15) is 12.5 Å². The van der Waals surface area contributed by atoms with Gasteiger partial charge in [-0.25, -0.2) is 0 Å². The van der Waals surface area contributed by atoms with Gasteiger partial charge in [0.2, 0.25) is 11.8 Å². The Hall–Kier alpha value is -2.94. The smallest absolute Gasteiger partial charge is 0.249 e. The largest absolute Gasteiger partial charge is 0.349 e. The van der Waals surface area contributed by atoms with Crippen LogP contribution in [0.15, 0.2) is 30.5 Å². The fourth-order valence-electron chi connectivity index (χ4n) is 2.51. The van der Waals surface area contributed by atoms with Crippen LogP contribution < -0.4 is 10.2 Å². The summed E-state index contributed by atoms with van der Waals surface area (Å²) in [6.07, 6.45) is 1.47. The molecule has 0 bridgehead atoms. The molecule has 1 aliphatic heterocycles. The fourth-order valence-corrected chi connectivity index (χ4v) is 2.51. The summed E-state index contributed by atoms with van der Waals surface area (Å²) in [5.41, 5.74) is 1.65. The lowest BCUT2D eigenvalue weighted by Crippen LogP contribution is -2.57. The Morgan fingerprint density at radius 2 is 2.14 bits per heavy atom. The maximum absolute atomic E-state index is 11.9. The molecule has 0 aliphatic carbocycles. The van der Waals surface area contributed by atoms with E-state index in [1.165, 1.54) is 6.20 Å². The highest BCUT2D eigenvalue weighted by Crippen LogP contribution is 2.31. The molecule has 0 radical (unpaired) electrons. The van der Waals surface area contributed by atoms with Gasteiger partial charge in [-0.05, 0) is 13.0 Å². The van der Waals surface area contributed by atoms with Crippen LogP contribution >= 0.6 is 0 Å². The van der Waals surface area contributed by atoms with Gasteiger partial charge in [0.25, 0.3) is 0 Å². The maximum atomic E-state index is 11.9. The molecule has 1 saturated heterocycles. The van der Waals surface area contributed by atoms with Gasteiger partial charge >= 0.3 is 0 Å². The number of benzene rings is 1. The second-order valence-corrected chi connectivity index (χ2v) is 4.87. The minimum Gasteiger partial charge on any atom is -0.349 e. The first-order valence-corrected chi connectivity index (χ1v) is 6.50. The number of anilines is 1. The molecule has 1 atom stereocenters. The monoisotopic (exact) mass is 280 g/mol. The topological polar surface area (TPSA) is 86.1 Å². The summed E-state index contributed by atoms with van der Waals surface area (Å²) < 4.78 is 0. The van der Waals surface area contributed by atoms with Gasteiger partial charge in [-0.3, -0.25) is 19.9 Å². The van der Waals surface area contributed by atoms with Gasteiger partial charge < -0.3 is 4.90 Å². The lowest BCUT2D eigenvalue weighted by atomic mass is 10.1. The molecular weight excluding hydrogens is 268 g/mol. The van der Waals surface area contributed by atoms with E-state index in [9.17, 15) is 14.9 Å². The molecule has 1 N–H and O–H groups in total. The van der Waals surface area contributed by atoms with Gasteiger partial charge in [-0.15, -0.1) is 0 Å². The second-order valence-electron chi connectivity index (χ2n) is 4.87. The zero-order valence-electron chi connectivity index (χ0n) is 11.3. The van der Waals surface area contributed by atoms with Crippen LogP contribution in [0.25, 0.3) is 10.9 Å². The van der Waals surface area contributed by atoms with E-state index in [2.05, 4.69) is 16.4 Å². The van der Waals surface area contributed by atoms with Crippen LogP contribution in [-0.4, -0.2) is 29.4 Å². The van der Waals surface area contributed by atoms with Gasteiger partial charge in [-0.2, -0.15) is 5.26 Å². The van der Waals surface area contributed by atoms with E-state index in [-0.39, 0.29) is 18.4 Å². The number of pyridine rings is 1. The molecule has 6 nitrogen and oxygen atoms in total. The lowest BCUT2D eigenvalue weighted by Gasteiger charge is -2.34. The van der Waals surface area contributed by atoms with Crippen molar-refractivity contribution in [3.8, 4) is 6.07 Å². The molecule has 0 spiro atoms. The fraction of sp³-hybridized carbons (Fsp3) is 0.200. The summed E-state index contributed by atoms with van der Waals surface area (Å²) in [5, 5.41) is 12.4. The molecule has 2 heterocycles. The van der Waals surface area contributed by atoms with E-state index in [0.717, 1.165) is 10.9 Å². The van der Waals surface area contributed by atoms with Crippen LogP contribution in [0.2, 0.25) is 0 Å². The first-order chi connectivity index (χ1) is 10.1. The van der Waals surface area contributed by atoms with Crippen molar-refractivity contribution in [1.82, 2.24) is 10.3 Å². The first kappa shape index (κ1) is 13.1. The Morgan fingerprint density at radius 3 is 2.90 bits per heavy atom. The van der Waals surface area contributed by atoms with E-state index >= 15 is 0 Å². The van der Waals surface area contributed by atoms with Crippen molar-refractivity contribution in [1.29, 1.82) is 5.26 Å². The normalized spacial score (nSPS) is 18.5. The molecule has 2 aromatic rings. The van der Waals surface area contributed by atoms with Crippen LogP contribution in [0.3, 0.4) is 0 Å². The number of fused-ring (bicyclic) bond motifs is 1. The molecule has 104 valence electrons. The average molecular weight is 280 g/mol. The number of para-hydroxylation sites is 1. The summed E-state index contributed by atoms with van der Waals surface area (Å²) >= 11 is 0. The summed E-state index contributed by atoms with van der Waals surface area (Å²) in [5.74, 6) is -0.737. The van der Waals surface area contributed by atoms with E-state index < -0.39 is 6.04 Å². The molecule has 21 heavy (non-hydrogen) atoms. The Labute approximate surface area is 121 Å². The summed E-state index contributed by atoms with van der Waals surface area (Å²) in [6, 6.07) is 8.91. The van der Waals surface area contributed by atoms with Gasteiger partial charge in [0, 0.05) is 11.6 Å². The molecular formula is C15H12N4O2. The molecule has 6 heteroatoms. The van der Waals surface area contributed by atoms with Crippen molar-refractivity contribution in [2.75, 3.05) is 11.4 Å². The van der Waals surface area contributed by atoms with Gasteiger partial charge in [0.1, 0.15) is 12.1 Å². The molecule has 1 aromatic carbocycles. The summed E-state index contributed by atoms with van der Waals surface area (Å²) in [7, 11) is 0. The predicted octanol–water partition coefficient (Wildman–Crippen LogP) is 0.958. The first-order valence-electron chi connectivity index (χ1n) is 6.50. The predicted molar refractivity (Wildman–Crippen MR) is 76.4 cm³/mol. The second kappa shape index (κ2) is 4.87. The number of nitriles is 1. The molecule has 0 saturated carbocycles. The zero-order valence-corrected chi connectivity index (χ0v) is 11.3. The SMILES string of the molecule is CC1C(=O)NC(=O)CN1c1c(C#N)cnc2ccccc12. The Morgan fingerprint density at radius 1 is 1.38 bits per heavy atom. The number of carbonyl (C=O) groups excluding carboxylic acids is 2. The molecule has 2 amide bonds. The number of nitrogens with zero attached hydrogens (tertiary/aromatic N) is 3. The number of hydrogen-bond donors (Lipinski definition) is 1. The minimum absolute atomic E-state index is 0.0373. The number of hydrogen-bond acceptors (Lipinski definition) is 5. The average Bonchev–Trinajstić information content (AvgIpc) is 2.50. The third kappa shape index (κ3) is 2.09. The molecule has 1 aliphatic rings. The van der Waals surface area contributed by atoms with Gasteiger partial charge in [0.15, 0.2) is 0 Å². The zero-order chi connectivity index (χ0) is 15.0. The number of rotatable bonds is 1. The maximum Gasteiger partial charge on any atom is 0.249 e. The number of amides is 2. The van der Waals surface area contributed by atoms with E-state index in [1.807, 2.05) is 24.3 Å². The molecule has 3 rings (SSSR count). The highest BCUT2D eigenvalue weighted by Gasteiger charge is 2.32. The Balaban J connectivity index is 2.25. The van der Waals surface area contributed by atoms with Crippen LogP contribution in [0.5, 0.6) is 0 Å². The third-order valence-corrected chi connectivity index (χ3v) is 3.58. The number of carbonyl (C=O) groups is 2. The number of piperazine rings is 1. The molecule has 1 unspecified atom stereocenters. The minimum atomic E-state index is -0.527. The van der Waals surface area contributed by atoms with Crippen molar-refractivity contribution >= 4 is 28.4 Å². The quantitative estimate of drug-likeness (QED) is 0.786. The number of nitrogens with one attached hydrogen (secondary N) is 1. The van der Waals surface area contributed by atoms with Crippen molar-refractivity contribution < 1.29 is 9.59 Å². The van der Waals surface area contributed by atoms with E-state index in [4.69, 9.17) is 0 Å². The van der Waals surface area contributed by atoms with E-state index in [0.29, 0.717) is 11.3 Å². The van der Waals surface area contributed by atoms with Gasteiger partial charge in [-0.1, -0.05) is 18.2 Å². The van der Waals surface area contributed by atoms with Crippen LogP contribution in [0.4, 0.5) is 5.69 Å².